The summed E-state index contributed by atoms with van der Waals surface area (Å²) in [6.45, 7) is 7.14. The van der Waals surface area contributed by atoms with E-state index in [9.17, 15) is 0 Å². The lowest BCUT2D eigenvalue weighted by molar-refractivity contribution is 0.380. The van der Waals surface area contributed by atoms with E-state index in [0.29, 0.717) is 5.02 Å². The third kappa shape index (κ3) is 2.65. The Morgan fingerprint density at radius 1 is 1.26 bits per heavy atom. The molecular formula is C14H19ClN4. The molecule has 0 saturated carbocycles. The van der Waals surface area contributed by atoms with Crippen molar-refractivity contribution in [1.82, 2.24) is 20.1 Å². The van der Waals surface area contributed by atoms with Gasteiger partial charge in [-0.15, -0.1) is 10.2 Å². The van der Waals surface area contributed by atoms with Crippen LogP contribution in [0.5, 0.6) is 0 Å². The van der Waals surface area contributed by atoms with Gasteiger partial charge in [0.25, 0.3) is 0 Å². The van der Waals surface area contributed by atoms with Crippen molar-refractivity contribution in [3.63, 3.8) is 0 Å². The maximum absolute atomic E-state index is 6.22. The first kappa shape index (κ1) is 14.0. The van der Waals surface area contributed by atoms with Gasteiger partial charge in [0.05, 0.1) is 10.6 Å². The number of nitrogens with one attached hydrogen (secondary N) is 1. The lowest BCUT2D eigenvalue weighted by Gasteiger charge is -2.24. The van der Waals surface area contributed by atoms with Gasteiger partial charge in [-0.2, -0.15) is 0 Å². The third-order valence-corrected chi connectivity index (χ3v) is 3.50. The second-order valence-corrected chi connectivity index (χ2v) is 5.45. The Labute approximate surface area is 118 Å². The van der Waals surface area contributed by atoms with E-state index < -0.39 is 0 Å². The molecule has 0 aliphatic carbocycles. The molecule has 0 aliphatic rings. The smallest absolute Gasteiger partial charge is 0.165 e. The molecule has 102 valence electrons. The van der Waals surface area contributed by atoms with Crippen LogP contribution in [0.1, 0.15) is 26.6 Å². The van der Waals surface area contributed by atoms with E-state index in [-0.39, 0.29) is 5.54 Å². The molecule has 0 atom stereocenters. The Balaban J connectivity index is 2.47. The number of hydrogen-bond acceptors (Lipinski definition) is 3. The minimum absolute atomic E-state index is 0.226. The van der Waals surface area contributed by atoms with Crippen molar-refractivity contribution in [3.05, 3.63) is 35.1 Å². The topological polar surface area (TPSA) is 42.7 Å². The summed E-state index contributed by atoms with van der Waals surface area (Å²) in [4.78, 5) is 0. The van der Waals surface area contributed by atoms with Crippen molar-refractivity contribution in [2.45, 2.75) is 26.3 Å². The van der Waals surface area contributed by atoms with Crippen molar-refractivity contribution < 1.29 is 0 Å². The summed E-state index contributed by atoms with van der Waals surface area (Å²) >= 11 is 6.22. The quantitative estimate of drug-likeness (QED) is 0.935. The van der Waals surface area contributed by atoms with Crippen molar-refractivity contribution in [2.75, 3.05) is 6.54 Å². The maximum atomic E-state index is 6.22. The molecule has 0 bridgehead atoms. The van der Waals surface area contributed by atoms with Gasteiger partial charge < -0.3 is 9.88 Å². The predicted octanol–water partition coefficient (Wildman–Crippen LogP) is 2.98. The highest BCUT2D eigenvalue weighted by molar-refractivity contribution is 6.33. The average Bonchev–Trinajstić information content (AvgIpc) is 2.72. The van der Waals surface area contributed by atoms with E-state index in [1.165, 1.54) is 0 Å². The first-order valence-corrected chi connectivity index (χ1v) is 6.75. The zero-order valence-corrected chi connectivity index (χ0v) is 12.5. The molecule has 0 fully saturated rings. The van der Waals surface area contributed by atoms with Crippen LogP contribution in [0.4, 0.5) is 0 Å². The summed E-state index contributed by atoms with van der Waals surface area (Å²) in [6, 6.07) is 7.67. The molecule has 19 heavy (non-hydrogen) atoms. The zero-order chi connectivity index (χ0) is 14.0. The molecule has 0 amide bonds. The fourth-order valence-electron chi connectivity index (χ4n) is 2.27. The zero-order valence-electron chi connectivity index (χ0n) is 11.7. The van der Waals surface area contributed by atoms with Crippen LogP contribution in [-0.2, 0) is 12.6 Å². The molecule has 0 aliphatic heterocycles. The molecule has 2 aromatic rings. The van der Waals surface area contributed by atoms with Gasteiger partial charge in [0.15, 0.2) is 11.6 Å². The van der Waals surface area contributed by atoms with Crippen LogP contribution in [0, 0.1) is 0 Å². The van der Waals surface area contributed by atoms with Gasteiger partial charge in [-0.05, 0) is 32.5 Å². The number of benzene rings is 1. The molecule has 1 N–H and O–H groups in total. The summed E-state index contributed by atoms with van der Waals surface area (Å²) in [6.07, 6.45) is 0. The first-order valence-electron chi connectivity index (χ1n) is 6.37. The van der Waals surface area contributed by atoms with E-state index in [1.807, 2.05) is 35.9 Å². The summed E-state index contributed by atoms with van der Waals surface area (Å²) in [5.41, 5.74) is 0.674. The van der Waals surface area contributed by atoms with Gasteiger partial charge >= 0.3 is 0 Å². The molecule has 1 aromatic heterocycles. The van der Waals surface area contributed by atoms with E-state index >= 15 is 0 Å². The minimum atomic E-state index is -0.226. The number of rotatable bonds is 4. The summed E-state index contributed by atoms with van der Waals surface area (Å²) in [5.74, 6) is 1.68. The van der Waals surface area contributed by atoms with Crippen LogP contribution in [0.2, 0.25) is 5.02 Å². The lowest BCUT2D eigenvalue weighted by Crippen LogP contribution is -2.38. The van der Waals surface area contributed by atoms with E-state index in [2.05, 4.69) is 36.3 Å². The van der Waals surface area contributed by atoms with Gasteiger partial charge in [-0.1, -0.05) is 30.7 Å². The monoisotopic (exact) mass is 278 g/mol. The molecule has 0 spiro atoms. The molecular weight excluding hydrogens is 260 g/mol. The van der Waals surface area contributed by atoms with Crippen molar-refractivity contribution in [3.8, 4) is 11.4 Å². The molecule has 5 heteroatoms. The Bertz CT molecular complexity index is 575. The number of nitrogens with zero attached hydrogens (tertiary/aromatic N) is 3. The Hall–Kier alpha value is -1.39. The predicted molar refractivity (Wildman–Crippen MR) is 78.2 cm³/mol. The van der Waals surface area contributed by atoms with Crippen molar-refractivity contribution in [2.24, 2.45) is 7.05 Å². The molecule has 1 aromatic carbocycles. The van der Waals surface area contributed by atoms with Gasteiger partial charge in [0.1, 0.15) is 0 Å². The van der Waals surface area contributed by atoms with Crippen LogP contribution < -0.4 is 5.32 Å². The number of aromatic nitrogens is 3. The summed E-state index contributed by atoms with van der Waals surface area (Å²) in [5, 5.41) is 12.7. The Morgan fingerprint density at radius 3 is 2.58 bits per heavy atom. The molecule has 1 heterocycles. The van der Waals surface area contributed by atoms with Crippen LogP contribution in [0.25, 0.3) is 11.4 Å². The number of hydrogen-bond donors (Lipinski definition) is 1. The highest BCUT2D eigenvalue weighted by Gasteiger charge is 2.26. The normalized spacial score (nSPS) is 11.8. The van der Waals surface area contributed by atoms with Crippen LogP contribution >= 0.6 is 11.6 Å². The van der Waals surface area contributed by atoms with E-state index in [4.69, 9.17) is 11.6 Å². The fourth-order valence-corrected chi connectivity index (χ4v) is 2.49. The van der Waals surface area contributed by atoms with Crippen LogP contribution in [0.15, 0.2) is 24.3 Å². The molecule has 0 radical (unpaired) electrons. The number of halogens is 1. The standard InChI is InChI=1S/C14H19ClN4/c1-5-16-14(2,3)13-18-17-12(19(13)4)10-8-6-7-9-11(10)15/h6-9,16H,5H2,1-4H3. The lowest BCUT2D eigenvalue weighted by atomic mass is 10.0. The van der Waals surface area contributed by atoms with Gasteiger partial charge in [-0.3, -0.25) is 0 Å². The van der Waals surface area contributed by atoms with Crippen LogP contribution in [-0.4, -0.2) is 21.3 Å². The molecule has 0 saturated heterocycles. The fraction of sp³-hybridized carbons (Fsp3) is 0.429. The van der Waals surface area contributed by atoms with E-state index in [0.717, 1.165) is 23.8 Å². The second-order valence-electron chi connectivity index (χ2n) is 5.04. The first-order chi connectivity index (χ1) is 8.97. The SMILES string of the molecule is CCNC(C)(C)c1nnc(-c2ccccc2Cl)n1C. The van der Waals surface area contributed by atoms with Crippen LogP contribution in [0.3, 0.4) is 0 Å². The summed E-state index contributed by atoms with van der Waals surface area (Å²) < 4.78 is 1.99. The average molecular weight is 279 g/mol. The molecule has 0 unspecified atom stereocenters. The highest BCUT2D eigenvalue weighted by Crippen LogP contribution is 2.28. The Kier molecular flexibility index (Phi) is 3.92. The van der Waals surface area contributed by atoms with Crippen molar-refractivity contribution >= 4 is 11.6 Å². The van der Waals surface area contributed by atoms with Crippen molar-refractivity contribution in [1.29, 1.82) is 0 Å². The van der Waals surface area contributed by atoms with Gasteiger partial charge in [0.2, 0.25) is 0 Å². The van der Waals surface area contributed by atoms with Gasteiger partial charge in [-0.25, -0.2) is 0 Å². The highest BCUT2D eigenvalue weighted by atomic mass is 35.5. The van der Waals surface area contributed by atoms with E-state index in [1.54, 1.807) is 0 Å². The summed E-state index contributed by atoms with van der Waals surface area (Å²) in [7, 11) is 1.97. The molecule has 2 rings (SSSR count). The molecule has 4 nitrogen and oxygen atoms in total. The third-order valence-electron chi connectivity index (χ3n) is 3.17. The largest absolute Gasteiger partial charge is 0.313 e. The minimum Gasteiger partial charge on any atom is -0.313 e. The Morgan fingerprint density at radius 2 is 1.95 bits per heavy atom. The maximum Gasteiger partial charge on any atom is 0.165 e. The van der Waals surface area contributed by atoms with Gasteiger partial charge in [0, 0.05) is 12.6 Å². The second kappa shape index (κ2) is 5.31.